The first kappa shape index (κ1) is 26.1. The zero-order valence-electron chi connectivity index (χ0n) is 20.3. The quantitative estimate of drug-likeness (QED) is 0.293. The van der Waals surface area contributed by atoms with Gasteiger partial charge >= 0.3 is 0 Å². The third-order valence-corrected chi connectivity index (χ3v) is 5.92. The average Bonchev–Trinajstić information content (AvgIpc) is 3.48. The first-order valence-corrected chi connectivity index (χ1v) is 11.4. The van der Waals surface area contributed by atoms with Gasteiger partial charge in [-0.25, -0.2) is 14.4 Å². The summed E-state index contributed by atoms with van der Waals surface area (Å²) in [5.41, 5.74) is 7.41. The zero-order valence-corrected chi connectivity index (χ0v) is 20.3. The van der Waals surface area contributed by atoms with Gasteiger partial charge in [0.25, 0.3) is 11.8 Å². The van der Waals surface area contributed by atoms with E-state index in [1.54, 1.807) is 37.4 Å². The lowest BCUT2D eigenvalue weighted by Crippen LogP contribution is -2.46. The van der Waals surface area contributed by atoms with E-state index in [4.69, 9.17) is 5.73 Å². The molecule has 3 aromatic rings. The molecule has 1 aliphatic heterocycles. The van der Waals surface area contributed by atoms with Crippen molar-refractivity contribution in [2.75, 3.05) is 6.54 Å². The van der Waals surface area contributed by atoms with Crippen molar-refractivity contribution in [3.8, 4) is 11.1 Å². The van der Waals surface area contributed by atoms with Crippen LogP contribution in [0.4, 0.5) is 4.39 Å². The van der Waals surface area contributed by atoms with Gasteiger partial charge in [-0.3, -0.25) is 19.1 Å². The fraction of sp³-hybridized carbons (Fsp3) is 0.250. The molecule has 2 aromatic heterocycles. The number of primary amides is 1. The monoisotopic (exact) mass is 521 g/mol. The Morgan fingerprint density at radius 3 is 2.74 bits per heavy atom. The van der Waals surface area contributed by atoms with Crippen molar-refractivity contribution < 1.29 is 23.9 Å². The number of alkyl halides is 1. The Kier molecular flexibility index (Phi) is 7.50. The van der Waals surface area contributed by atoms with E-state index in [-0.39, 0.29) is 31.0 Å². The summed E-state index contributed by atoms with van der Waals surface area (Å²) in [5, 5.41) is 24.4. The highest BCUT2D eigenvalue weighted by atomic mass is 19.1. The molecule has 13 nitrogen and oxygen atoms in total. The number of aromatic nitrogens is 4. The fourth-order valence-electron chi connectivity index (χ4n) is 4.20. The highest BCUT2D eigenvalue weighted by Crippen LogP contribution is 2.27. The van der Waals surface area contributed by atoms with E-state index < -0.39 is 35.8 Å². The SMILES string of the molecule is C=N/C(NC(=O)C1CC(F)CN1C(=O)Cn1nc(C(N)=O)c2cc(-c3ccnnc3)ccc21)=C(/O)N=CC. The van der Waals surface area contributed by atoms with Gasteiger partial charge in [0.05, 0.1) is 24.5 Å². The molecule has 196 valence electrons. The molecule has 0 radical (unpaired) electrons. The van der Waals surface area contributed by atoms with Crippen molar-refractivity contribution in [2.45, 2.75) is 32.1 Å². The molecule has 4 rings (SSSR count). The molecule has 3 amide bonds. The minimum Gasteiger partial charge on any atom is -0.491 e. The summed E-state index contributed by atoms with van der Waals surface area (Å²) in [7, 11) is 0. The molecule has 0 saturated carbocycles. The molecule has 1 aliphatic rings. The minimum atomic E-state index is -1.45. The summed E-state index contributed by atoms with van der Waals surface area (Å²) in [4.78, 5) is 46.5. The van der Waals surface area contributed by atoms with Crippen molar-refractivity contribution in [3.05, 3.63) is 54.1 Å². The third kappa shape index (κ3) is 5.23. The molecule has 2 unspecified atom stereocenters. The number of nitrogens with two attached hydrogens (primary N) is 1. The topological polar surface area (TPSA) is 181 Å². The number of carbonyl (C=O) groups excluding carboxylic acids is 3. The summed E-state index contributed by atoms with van der Waals surface area (Å²) in [5.74, 6) is -3.09. The molecule has 2 atom stereocenters. The third-order valence-electron chi connectivity index (χ3n) is 5.92. The maximum Gasteiger partial charge on any atom is 0.269 e. The second kappa shape index (κ2) is 10.9. The van der Waals surface area contributed by atoms with E-state index >= 15 is 0 Å². The van der Waals surface area contributed by atoms with Crippen molar-refractivity contribution >= 4 is 41.6 Å². The van der Waals surface area contributed by atoms with Gasteiger partial charge in [0, 0.05) is 23.6 Å². The second-order valence-electron chi connectivity index (χ2n) is 8.34. The van der Waals surface area contributed by atoms with Crippen LogP contribution in [0, 0.1) is 0 Å². The predicted octanol–water partition coefficient (Wildman–Crippen LogP) is 1.12. The van der Waals surface area contributed by atoms with Crippen LogP contribution in [0.3, 0.4) is 0 Å². The van der Waals surface area contributed by atoms with Gasteiger partial charge in [-0.1, -0.05) is 6.07 Å². The highest BCUT2D eigenvalue weighted by Gasteiger charge is 2.40. The number of aliphatic imine (C=N–C) groups is 2. The highest BCUT2D eigenvalue weighted by molar-refractivity contribution is 6.05. The lowest BCUT2D eigenvalue weighted by atomic mass is 10.0. The van der Waals surface area contributed by atoms with Crippen LogP contribution in [0.25, 0.3) is 22.0 Å². The maximum atomic E-state index is 14.4. The molecular weight excluding hydrogens is 497 g/mol. The van der Waals surface area contributed by atoms with E-state index in [1.807, 2.05) is 0 Å². The number of aliphatic hydroxyl groups is 1. The number of amides is 3. The van der Waals surface area contributed by atoms with Gasteiger partial charge in [0.1, 0.15) is 18.8 Å². The van der Waals surface area contributed by atoms with Crippen LogP contribution in [0.1, 0.15) is 23.8 Å². The molecule has 0 spiro atoms. The Bertz CT molecular complexity index is 1470. The summed E-state index contributed by atoms with van der Waals surface area (Å²) in [6.07, 6.45) is 2.66. The Hall–Kier alpha value is -5.01. The number of hydrogen-bond acceptors (Lipinski definition) is 9. The smallest absolute Gasteiger partial charge is 0.269 e. The number of carbonyl (C=O) groups is 3. The van der Waals surface area contributed by atoms with Gasteiger partial charge in [0.2, 0.25) is 11.8 Å². The molecule has 4 N–H and O–H groups in total. The predicted molar refractivity (Wildman–Crippen MR) is 136 cm³/mol. The molecule has 1 saturated heterocycles. The molecule has 3 heterocycles. The number of fused-ring (bicyclic) bond motifs is 1. The first-order valence-electron chi connectivity index (χ1n) is 11.4. The van der Waals surface area contributed by atoms with Gasteiger partial charge < -0.3 is 21.1 Å². The van der Waals surface area contributed by atoms with Gasteiger partial charge in [0.15, 0.2) is 11.5 Å². The van der Waals surface area contributed by atoms with Crippen LogP contribution in [0.15, 0.2) is 58.3 Å². The first-order chi connectivity index (χ1) is 18.2. The van der Waals surface area contributed by atoms with E-state index in [2.05, 4.69) is 37.3 Å². The van der Waals surface area contributed by atoms with Crippen molar-refractivity contribution in [3.63, 3.8) is 0 Å². The lowest BCUT2D eigenvalue weighted by molar-refractivity contribution is -0.138. The summed E-state index contributed by atoms with van der Waals surface area (Å²) in [6.45, 7) is 4.11. The molecule has 14 heteroatoms. The van der Waals surface area contributed by atoms with Crippen molar-refractivity contribution in [2.24, 2.45) is 15.7 Å². The second-order valence-corrected chi connectivity index (χ2v) is 8.34. The number of nitrogens with one attached hydrogen (secondary N) is 1. The molecule has 0 bridgehead atoms. The van der Waals surface area contributed by atoms with Crippen molar-refractivity contribution in [1.82, 2.24) is 30.2 Å². The number of rotatable bonds is 8. The van der Waals surface area contributed by atoms with E-state index in [9.17, 15) is 23.9 Å². The van der Waals surface area contributed by atoms with Crippen LogP contribution < -0.4 is 11.1 Å². The van der Waals surface area contributed by atoms with Gasteiger partial charge in [-0.2, -0.15) is 15.3 Å². The molecule has 1 aromatic carbocycles. The molecule has 1 fully saturated rings. The van der Waals surface area contributed by atoms with Crippen LogP contribution in [-0.4, -0.2) is 79.4 Å². The standard InChI is InChI=1S/C24H24FN9O4/c1-3-28-24(38)22(27-2)31-23(37)18-9-15(25)11-33(18)19(35)12-34-17-5-4-13(14-6-7-29-30-10-14)8-16(17)20(32-34)21(26)36/h3-8,10,15,18,38H,2,9,11-12H2,1H3,(H2,26,36)(H,31,37)/b24-22-,28-3?. The van der Waals surface area contributed by atoms with Crippen LogP contribution in [0.2, 0.25) is 0 Å². The molecule has 0 aliphatic carbocycles. The fourth-order valence-corrected chi connectivity index (χ4v) is 4.20. The number of benzene rings is 1. The number of likely N-dealkylation sites (tertiary alicyclic amines) is 1. The van der Waals surface area contributed by atoms with Crippen LogP contribution >= 0.6 is 0 Å². The number of aliphatic hydroxyl groups excluding tert-OH is 1. The maximum absolute atomic E-state index is 14.4. The van der Waals surface area contributed by atoms with Gasteiger partial charge in [-0.05, 0) is 37.4 Å². The van der Waals surface area contributed by atoms with Crippen LogP contribution in [0.5, 0.6) is 0 Å². The average molecular weight is 522 g/mol. The number of hydrogen-bond donors (Lipinski definition) is 3. The summed E-state index contributed by atoms with van der Waals surface area (Å²) < 4.78 is 15.6. The zero-order chi connectivity index (χ0) is 27.4. The Labute approximate surface area is 215 Å². The van der Waals surface area contributed by atoms with Crippen molar-refractivity contribution in [1.29, 1.82) is 0 Å². The number of halogens is 1. The van der Waals surface area contributed by atoms with E-state index in [1.165, 1.54) is 17.1 Å². The largest absolute Gasteiger partial charge is 0.491 e. The number of nitrogens with zero attached hydrogens (tertiary/aromatic N) is 7. The van der Waals surface area contributed by atoms with Gasteiger partial charge in [-0.15, -0.1) is 0 Å². The normalized spacial score (nSPS) is 18.0. The molecule has 38 heavy (non-hydrogen) atoms. The molecular formula is C24H24FN9O4. The van der Waals surface area contributed by atoms with Crippen LogP contribution in [-0.2, 0) is 16.1 Å². The lowest BCUT2D eigenvalue weighted by Gasteiger charge is -2.23. The summed E-state index contributed by atoms with van der Waals surface area (Å²) >= 11 is 0. The van der Waals surface area contributed by atoms with E-state index in [0.29, 0.717) is 10.9 Å². The minimum absolute atomic E-state index is 0.0467. The Morgan fingerprint density at radius 2 is 2.08 bits per heavy atom. The van der Waals surface area contributed by atoms with E-state index in [0.717, 1.165) is 16.0 Å². The Morgan fingerprint density at radius 1 is 1.29 bits per heavy atom. The Balaban J connectivity index is 1.61. The summed E-state index contributed by atoms with van der Waals surface area (Å²) in [6, 6.07) is 5.70.